The van der Waals surface area contributed by atoms with Crippen LogP contribution in [0.5, 0.6) is 0 Å². The van der Waals surface area contributed by atoms with Crippen molar-refractivity contribution in [1.29, 1.82) is 0 Å². The van der Waals surface area contributed by atoms with Gasteiger partial charge in [-0.15, -0.1) is 0 Å². The zero-order valence-corrected chi connectivity index (χ0v) is 11.4. The fourth-order valence-corrected chi connectivity index (χ4v) is 1.88. The summed E-state index contributed by atoms with van der Waals surface area (Å²) >= 11 is 1.72. The summed E-state index contributed by atoms with van der Waals surface area (Å²) in [7, 11) is 1.33. The third-order valence-electron chi connectivity index (χ3n) is 2.32. The predicted molar refractivity (Wildman–Crippen MR) is 74.0 cm³/mol. The number of carbonyl (C=O) groups is 2. The van der Waals surface area contributed by atoms with Crippen LogP contribution in [-0.2, 0) is 9.53 Å². The first-order chi connectivity index (χ1) is 8.67. The highest BCUT2D eigenvalue weighted by molar-refractivity contribution is 7.98. The summed E-state index contributed by atoms with van der Waals surface area (Å²) < 4.78 is 4.62. The van der Waals surface area contributed by atoms with E-state index in [9.17, 15) is 9.59 Å². The van der Waals surface area contributed by atoms with Crippen molar-refractivity contribution in [3.05, 3.63) is 29.8 Å². The maximum absolute atomic E-state index is 11.6. The Bertz CT molecular complexity index is 420. The van der Waals surface area contributed by atoms with Crippen LogP contribution in [0.3, 0.4) is 0 Å². The molecule has 0 radical (unpaired) electrons. The Morgan fingerprint density at radius 2 is 2.17 bits per heavy atom. The van der Waals surface area contributed by atoms with Crippen LogP contribution >= 0.6 is 11.8 Å². The minimum Gasteiger partial charge on any atom is -0.465 e. The first-order valence-electron chi connectivity index (χ1n) is 5.64. The Hall–Kier alpha value is -1.49. The lowest BCUT2D eigenvalue weighted by Crippen LogP contribution is -2.12. The first-order valence-corrected chi connectivity index (χ1v) is 7.04. The third-order valence-corrected chi connectivity index (χ3v) is 3.02. The second-order valence-electron chi connectivity index (χ2n) is 3.72. The average molecular weight is 267 g/mol. The standard InChI is InChI=1S/C13H17NO3S/c1-17-13(16)10-5-3-6-11(9-10)14-12(15)7-4-8-18-2/h3,5-6,9H,4,7-8H2,1-2H3,(H,14,15). The minimum atomic E-state index is -0.409. The number of nitrogens with one attached hydrogen (secondary N) is 1. The van der Waals surface area contributed by atoms with E-state index in [4.69, 9.17) is 0 Å². The lowest BCUT2D eigenvalue weighted by Gasteiger charge is -2.06. The van der Waals surface area contributed by atoms with Crippen LogP contribution in [0.4, 0.5) is 5.69 Å². The van der Waals surface area contributed by atoms with E-state index in [0.717, 1.165) is 12.2 Å². The Morgan fingerprint density at radius 3 is 2.83 bits per heavy atom. The van der Waals surface area contributed by atoms with Crippen molar-refractivity contribution < 1.29 is 14.3 Å². The normalized spacial score (nSPS) is 9.89. The number of esters is 1. The van der Waals surface area contributed by atoms with Gasteiger partial charge in [0.2, 0.25) is 5.91 Å². The van der Waals surface area contributed by atoms with Gasteiger partial charge in [-0.05, 0) is 36.6 Å². The van der Waals surface area contributed by atoms with Gasteiger partial charge in [0.15, 0.2) is 0 Å². The molecule has 1 aromatic carbocycles. The molecule has 4 nitrogen and oxygen atoms in total. The third kappa shape index (κ3) is 4.79. The largest absolute Gasteiger partial charge is 0.465 e. The van der Waals surface area contributed by atoms with Gasteiger partial charge in [0.05, 0.1) is 12.7 Å². The van der Waals surface area contributed by atoms with Crippen LogP contribution in [0.2, 0.25) is 0 Å². The molecule has 18 heavy (non-hydrogen) atoms. The second kappa shape index (κ2) is 7.76. The van der Waals surface area contributed by atoms with Gasteiger partial charge in [-0.1, -0.05) is 6.07 Å². The monoisotopic (exact) mass is 267 g/mol. The van der Waals surface area contributed by atoms with E-state index in [0.29, 0.717) is 17.7 Å². The van der Waals surface area contributed by atoms with E-state index >= 15 is 0 Å². The molecular formula is C13H17NO3S. The average Bonchev–Trinajstić information content (AvgIpc) is 2.38. The van der Waals surface area contributed by atoms with Gasteiger partial charge < -0.3 is 10.1 Å². The lowest BCUT2D eigenvalue weighted by molar-refractivity contribution is -0.116. The highest BCUT2D eigenvalue weighted by Gasteiger charge is 2.07. The molecule has 0 heterocycles. The van der Waals surface area contributed by atoms with Crippen molar-refractivity contribution in [3.63, 3.8) is 0 Å². The van der Waals surface area contributed by atoms with Crippen molar-refractivity contribution in [2.45, 2.75) is 12.8 Å². The summed E-state index contributed by atoms with van der Waals surface area (Å²) in [5, 5.41) is 2.76. The summed E-state index contributed by atoms with van der Waals surface area (Å²) in [5.74, 6) is 0.523. The van der Waals surface area contributed by atoms with E-state index in [-0.39, 0.29) is 5.91 Å². The smallest absolute Gasteiger partial charge is 0.337 e. The lowest BCUT2D eigenvalue weighted by atomic mass is 10.2. The van der Waals surface area contributed by atoms with Gasteiger partial charge in [0.1, 0.15) is 0 Å². The van der Waals surface area contributed by atoms with E-state index in [1.807, 2.05) is 6.26 Å². The first kappa shape index (κ1) is 14.6. The van der Waals surface area contributed by atoms with E-state index in [1.54, 1.807) is 36.0 Å². The van der Waals surface area contributed by atoms with Gasteiger partial charge >= 0.3 is 5.97 Å². The number of ether oxygens (including phenoxy) is 1. The number of anilines is 1. The maximum atomic E-state index is 11.6. The Kier molecular flexibility index (Phi) is 6.28. The molecule has 5 heteroatoms. The van der Waals surface area contributed by atoms with Crippen molar-refractivity contribution in [1.82, 2.24) is 0 Å². The van der Waals surface area contributed by atoms with Crippen LogP contribution in [-0.4, -0.2) is 31.0 Å². The molecule has 0 aliphatic carbocycles. The van der Waals surface area contributed by atoms with Crippen LogP contribution in [0.25, 0.3) is 0 Å². The summed E-state index contributed by atoms with van der Waals surface area (Å²) in [5.41, 5.74) is 1.05. The molecule has 0 atom stereocenters. The number of thioether (sulfide) groups is 1. The summed E-state index contributed by atoms with van der Waals surface area (Å²) in [6.45, 7) is 0. The van der Waals surface area contributed by atoms with Crippen molar-refractivity contribution in [3.8, 4) is 0 Å². The molecule has 1 rings (SSSR count). The molecule has 0 saturated heterocycles. The molecule has 0 saturated carbocycles. The highest BCUT2D eigenvalue weighted by atomic mass is 32.2. The zero-order valence-electron chi connectivity index (χ0n) is 10.6. The molecule has 0 aliphatic heterocycles. The number of methoxy groups -OCH3 is 1. The van der Waals surface area contributed by atoms with Crippen molar-refractivity contribution in [2.75, 3.05) is 24.4 Å². The topological polar surface area (TPSA) is 55.4 Å². The molecule has 0 aromatic heterocycles. The van der Waals surface area contributed by atoms with Gasteiger partial charge in [-0.3, -0.25) is 4.79 Å². The molecule has 1 aromatic rings. The van der Waals surface area contributed by atoms with Crippen LogP contribution in [0.1, 0.15) is 23.2 Å². The SMILES string of the molecule is COC(=O)c1cccc(NC(=O)CCCSC)c1. The van der Waals surface area contributed by atoms with Gasteiger partial charge in [-0.2, -0.15) is 11.8 Å². The van der Waals surface area contributed by atoms with Crippen LogP contribution < -0.4 is 5.32 Å². The van der Waals surface area contributed by atoms with E-state index < -0.39 is 5.97 Å². The summed E-state index contributed by atoms with van der Waals surface area (Å²) in [6, 6.07) is 6.72. The highest BCUT2D eigenvalue weighted by Crippen LogP contribution is 2.12. The molecule has 98 valence electrons. The number of amides is 1. The number of rotatable bonds is 6. The molecular weight excluding hydrogens is 250 g/mol. The summed E-state index contributed by atoms with van der Waals surface area (Å²) in [4.78, 5) is 22.9. The number of hydrogen-bond donors (Lipinski definition) is 1. The molecule has 0 unspecified atom stereocenters. The fraction of sp³-hybridized carbons (Fsp3) is 0.385. The Labute approximate surface area is 111 Å². The molecule has 1 N–H and O–H groups in total. The predicted octanol–water partition coefficient (Wildman–Crippen LogP) is 2.55. The maximum Gasteiger partial charge on any atom is 0.337 e. The van der Waals surface area contributed by atoms with Crippen LogP contribution in [0, 0.1) is 0 Å². The minimum absolute atomic E-state index is 0.0361. The number of carbonyl (C=O) groups excluding carboxylic acids is 2. The number of hydrogen-bond acceptors (Lipinski definition) is 4. The molecule has 1 amide bonds. The molecule has 0 bridgehead atoms. The van der Waals surface area contributed by atoms with Gasteiger partial charge in [0, 0.05) is 12.1 Å². The fourth-order valence-electron chi connectivity index (χ4n) is 1.44. The quantitative estimate of drug-likeness (QED) is 0.635. The van der Waals surface area contributed by atoms with Crippen LogP contribution in [0.15, 0.2) is 24.3 Å². The van der Waals surface area contributed by atoms with Gasteiger partial charge in [0.25, 0.3) is 0 Å². The Balaban J connectivity index is 2.56. The van der Waals surface area contributed by atoms with E-state index in [2.05, 4.69) is 10.1 Å². The molecule has 0 aliphatic rings. The van der Waals surface area contributed by atoms with E-state index in [1.165, 1.54) is 7.11 Å². The van der Waals surface area contributed by atoms with Crippen molar-refractivity contribution in [2.24, 2.45) is 0 Å². The summed E-state index contributed by atoms with van der Waals surface area (Å²) in [6.07, 6.45) is 3.35. The molecule has 0 spiro atoms. The number of benzene rings is 1. The second-order valence-corrected chi connectivity index (χ2v) is 4.70. The van der Waals surface area contributed by atoms with Gasteiger partial charge in [-0.25, -0.2) is 4.79 Å². The molecule has 0 fully saturated rings. The van der Waals surface area contributed by atoms with Crippen molar-refractivity contribution >= 4 is 29.3 Å². The zero-order chi connectivity index (χ0) is 13.4. The Morgan fingerprint density at radius 1 is 1.39 bits per heavy atom.